The molecule has 8 heteroatoms. The van der Waals surface area contributed by atoms with Gasteiger partial charge in [-0.05, 0) is 48.2 Å². The number of nitrogens with one attached hydrogen (secondary N) is 1. The Morgan fingerprint density at radius 3 is 2.33 bits per heavy atom. The summed E-state index contributed by atoms with van der Waals surface area (Å²) in [7, 11) is -3.79. The topological polar surface area (TPSA) is 75.7 Å². The van der Waals surface area contributed by atoms with Crippen LogP contribution in [0, 0.1) is 5.82 Å². The maximum Gasteiger partial charge on any atom is 0.243 e. The van der Waals surface area contributed by atoms with E-state index in [0.717, 1.165) is 16.6 Å². The molecule has 1 amide bonds. The van der Waals surface area contributed by atoms with Crippen LogP contribution in [0.3, 0.4) is 0 Å². The van der Waals surface area contributed by atoms with Gasteiger partial charge in [-0.2, -0.15) is 0 Å². The van der Waals surface area contributed by atoms with Crippen LogP contribution in [0.4, 0.5) is 10.1 Å². The highest BCUT2D eigenvalue weighted by atomic mass is 32.2. The highest BCUT2D eigenvalue weighted by molar-refractivity contribution is 7.92. The van der Waals surface area contributed by atoms with Gasteiger partial charge in [-0.25, -0.2) is 12.8 Å². The summed E-state index contributed by atoms with van der Waals surface area (Å²) in [4.78, 5) is 12.5. The smallest absolute Gasteiger partial charge is 0.243 e. The van der Waals surface area contributed by atoms with Gasteiger partial charge in [0, 0.05) is 0 Å². The van der Waals surface area contributed by atoms with E-state index >= 15 is 0 Å². The van der Waals surface area contributed by atoms with E-state index in [1.807, 2.05) is 24.3 Å². The van der Waals surface area contributed by atoms with Gasteiger partial charge in [0.25, 0.3) is 0 Å². The number of benzene rings is 2. The van der Waals surface area contributed by atoms with Gasteiger partial charge in [0.2, 0.25) is 15.9 Å². The first-order valence-corrected chi connectivity index (χ1v) is 11.5. The van der Waals surface area contributed by atoms with Crippen molar-refractivity contribution >= 4 is 21.6 Å². The van der Waals surface area contributed by atoms with E-state index in [1.54, 1.807) is 0 Å². The highest BCUT2D eigenvalue weighted by Crippen LogP contribution is 2.24. The molecule has 0 aromatic heterocycles. The second-order valence-corrected chi connectivity index (χ2v) is 9.99. The van der Waals surface area contributed by atoms with Crippen molar-refractivity contribution in [2.75, 3.05) is 23.7 Å². The van der Waals surface area contributed by atoms with Crippen molar-refractivity contribution in [1.82, 2.24) is 5.32 Å². The van der Waals surface area contributed by atoms with Crippen LogP contribution in [-0.4, -0.2) is 39.8 Å². The van der Waals surface area contributed by atoms with Gasteiger partial charge >= 0.3 is 0 Å². The van der Waals surface area contributed by atoms with Crippen molar-refractivity contribution in [3.05, 3.63) is 59.9 Å². The van der Waals surface area contributed by atoms with E-state index < -0.39 is 27.8 Å². The van der Waals surface area contributed by atoms with Gasteiger partial charge in [-0.1, -0.05) is 39.0 Å². The van der Waals surface area contributed by atoms with Gasteiger partial charge in [0.15, 0.2) is 0 Å². The molecule has 0 heterocycles. The van der Waals surface area contributed by atoms with E-state index in [0.29, 0.717) is 5.75 Å². The first kappa shape index (κ1) is 23.7. The fourth-order valence-corrected chi connectivity index (χ4v) is 4.13. The van der Waals surface area contributed by atoms with Crippen LogP contribution < -0.4 is 14.4 Å². The van der Waals surface area contributed by atoms with Crippen molar-refractivity contribution in [3.8, 4) is 5.75 Å². The Hall–Kier alpha value is -2.61. The summed E-state index contributed by atoms with van der Waals surface area (Å²) in [6, 6.07) is 11.8. The number of ether oxygens (including phenoxy) is 1. The van der Waals surface area contributed by atoms with Crippen LogP contribution in [-0.2, 0) is 20.2 Å². The maximum atomic E-state index is 13.5. The third-order valence-corrected chi connectivity index (χ3v) is 5.78. The lowest BCUT2D eigenvalue weighted by atomic mass is 9.87. The molecule has 2 aromatic carbocycles. The Morgan fingerprint density at radius 1 is 1.17 bits per heavy atom. The molecule has 0 saturated heterocycles. The monoisotopic (exact) mass is 436 g/mol. The van der Waals surface area contributed by atoms with Crippen molar-refractivity contribution in [2.45, 2.75) is 39.2 Å². The Kier molecular flexibility index (Phi) is 7.47. The first-order valence-electron chi connectivity index (χ1n) is 9.65. The number of hydrogen-bond acceptors (Lipinski definition) is 4. The average Bonchev–Trinajstić information content (AvgIpc) is 2.63. The van der Waals surface area contributed by atoms with Crippen molar-refractivity contribution < 1.29 is 22.3 Å². The molecular formula is C22H29FN2O4S. The minimum absolute atomic E-state index is 0.0514. The van der Waals surface area contributed by atoms with Gasteiger partial charge in [0.1, 0.15) is 24.2 Å². The summed E-state index contributed by atoms with van der Waals surface area (Å²) in [5.74, 6) is -0.404. The Labute approximate surface area is 178 Å². The molecule has 0 aliphatic heterocycles. The lowest BCUT2D eigenvalue weighted by Crippen LogP contribution is -2.48. The number of nitrogens with zero attached hydrogens (tertiary/aromatic N) is 1. The average molecular weight is 437 g/mol. The lowest BCUT2D eigenvalue weighted by Gasteiger charge is -2.28. The summed E-state index contributed by atoms with van der Waals surface area (Å²) in [5.41, 5.74) is 1.33. The zero-order valence-electron chi connectivity index (χ0n) is 18.0. The van der Waals surface area contributed by atoms with E-state index in [9.17, 15) is 17.6 Å². The fraction of sp³-hybridized carbons (Fsp3) is 0.409. The number of anilines is 1. The van der Waals surface area contributed by atoms with E-state index in [2.05, 4.69) is 26.1 Å². The molecule has 2 aromatic rings. The number of amides is 1. The van der Waals surface area contributed by atoms with E-state index in [-0.39, 0.29) is 24.3 Å². The SMILES string of the molecule is C[C@@H](C(=O)NCCOc1ccc(C(C)(C)C)cc1)N(c1cccc(F)c1)S(C)(=O)=O. The number of carbonyl (C=O) groups excluding carboxylic acids is 1. The second kappa shape index (κ2) is 9.47. The molecule has 30 heavy (non-hydrogen) atoms. The molecule has 0 aliphatic rings. The second-order valence-electron chi connectivity index (χ2n) is 8.13. The highest BCUT2D eigenvalue weighted by Gasteiger charge is 2.29. The minimum Gasteiger partial charge on any atom is -0.492 e. The zero-order chi connectivity index (χ0) is 22.5. The summed E-state index contributed by atoms with van der Waals surface area (Å²) < 4.78 is 44.5. The standard InChI is InChI=1S/C22H29FN2O4S/c1-16(25(30(5,27)28)19-8-6-7-18(23)15-19)21(26)24-13-14-29-20-11-9-17(10-12-20)22(2,3)4/h6-12,15-16H,13-14H2,1-5H3,(H,24,26)/t16-/m0/s1. The predicted molar refractivity (Wildman–Crippen MR) is 117 cm³/mol. The molecule has 0 unspecified atom stereocenters. The van der Waals surface area contributed by atoms with E-state index in [1.165, 1.54) is 30.7 Å². The van der Waals surface area contributed by atoms with Gasteiger partial charge in [0.05, 0.1) is 18.5 Å². The van der Waals surface area contributed by atoms with Crippen LogP contribution in [0.5, 0.6) is 5.75 Å². The van der Waals surface area contributed by atoms with Gasteiger partial charge in [-0.3, -0.25) is 9.10 Å². The number of sulfonamides is 1. The Balaban J connectivity index is 1.94. The Bertz CT molecular complexity index is 969. The third-order valence-electron chi connectivity index (χ3n) is 4.54. The molecule has 1 atom stereocenters. The third kappa shape index (κ3) is 6.45. The van der Waals surface area contributed by atoms with Crippen LogP contribution in [0.2, 0.25) is 0 Å². The molecule has 0 aliphatic carbocycles. The lowest BCUT2D eigenvalue weighted by molar-refractivity contribution is -0.121. The number of hydrogen-bond donors (Lipinski definition) is 1. The van der Waals surface area contributed by atoms with E-state index in [4.69, 9.17) is 4.74 Å². The quantitative estimate of drug-likeness (QED) is 0.643. The summed E-state index contributed by atoms with van der Waals surface area (Å²) in [6.45, 7) is 8.26. The number of rotatable bonds is 8. The van der Waals surface area contributed by atoms with Crippen molar-refractivity contribution in [2.24, 2.45) is 0 Å². The van der Waals surface area contributed by atoms with Gasteiger partial charge < -0.3 is 10.1 Å². The van der Waals surface area contributed by atoms with Crippen LogP contribution in [0.1, 0.15) is 33.3 Å². The molecule has 0 bridgehead atoms. The summed E-state index contributed by atoms with van der Waals surface area (Å²) >= 11 is 0. The normalized spacial score (nSPS) is 12.9. The number of carbonyl (C=O) groups is 1. The molecule has 1 N–H and O–H groups in total. The maximum absolute atomic E-state index is 13.5. The first-order chi connectivity index (χ1) is 13.9. The van der Waals surface area contributed by atoms with Crippen LogP contribution >= 0.6 is 0 Å². The summed E-state index contributed by atoms with van der Waals surface area (Å²) in [5, 5.41) is 2.66. The molecule has 164 valence electrons. The Morgan fingerprint density at radius 2 is 1.80 bits per heavy atom. The molecule has 0 spiro atoms. The molecule has 0 saturated carbocycles. The zero-order valence-corrected chi connectivity index (χ0v) is 18.8. The molecule has 2 rings (SSSR count). The van der Waals surface area contributed by atoms with Crippen LogP contribution in [0.15, 0.2) is 48.5 Å². The fourth-order valence-electron chi connectivity index (χ4n) is 2.96. The molecular weight excluding hydrogens is 407 g/mol. The van der Waals surface area contributed by atoms with Crippen molar-refractivity contribution in [1.29, 1.82) is 0 Å². The molecule has 0 fully saturated rings. The minimum atomic E-state index is -3.79. The largest absolute Gasteiger partial charge is 0.492 e. The van der Waals surface area contributed by atoms with Crippen LogP contribution in [0.25, 0.3) is 0 Å². The predicted octanol–water partition coefficient (Wildman–Crippen LogP) is 3.47. The molecule has 6 nitrogen and oxygen atoms in total. The molecule has 0 radical (unpaired) electrons. The van der Waals surface area contributed by atoms with Crippen molar-refractivity contribution in [3.63, 3.8) is 0 Å². The number of halogens is 1. The van der Waals surface area contributed by atoms with Gasteiger partial charge in [-0.15, -0.1) is 0 Å². The summed E-state index contributed by atoms with van der Waals surface area (Å²) in [6.07, 6.45) is 0.978.